The topological polar surface area (TPSA) is 35.5 Å². The van der Waals surface area contributed by atoms with Crippen LogP contribution < -0.4 is 18.9 Å². The molecular formula is C11H24LiO3PS. The fourth-order valence-electron chi connectivity index (χ4n) is 1.02. The Bertz CT molecular complexity index is 211. The Labute approximate surface area is 122 Å². The van der Waals surface area contributed by atoms with Crippen LogP contribution in [0.5, 0.6) is 0 Å². The van der Waals surface area contributed by atoms with Gasteiger partial charge in [-0.3, -0.25) is 14.8 Å². The van der Waals surface area contributed by atoms with E-state index in [1.807, 2.05) is 33.4 Å². The zero-order valence-electron chi connectivity index (χ0n) is 11.9. The SMILES string of the molecule is CCCC[CH-]SP(=O)(OC(C)C)OC(C)C.[Li+]. The van der Waals surface area contributed by atoms with Crippen LogP contribution in [0.25, 0.3) is 0 Å². The van der Waals surface area contributed by atoms with Crippen LogP contribution in [0.3, 0.4) is 0 Å². The molecule has 0 bridgehead atoms. The van der Waals surface area contributed by atoms with Crippen molar-refractivity contribution < 1.29 is 32.5 Å². The molecule has 0 heterocycles. The Hall–Kier alpha value is 1.10. The van der Waals surface area contributed by atoms with Gasteiger partial charge in [-0.05, 0) is 27.7 Å². The molecular weight excluding hydrogens is 250 g/mol. The summed E-state index contributed by atoms with van der Waals surface area (Å²) in [5.41, 5.74) is 0. The minimum absolute atomic E-state index is 0. The van der Waals surface area contributed by atoms with E-state index in [0.717, 1.165) is 19.3 Å². The van der Waals surface area contributed by atoms with Gasteiger partial charge in [0.1, 0.15) is 0 Å². The summed E-state index contributed by atoms with van der Waals surface area (Å²) in [7, 11) is 0. The second-order valence-corrected chi connectivity index (χ2v) is 8.00. The quantitative estimate of drug-likeness (QED) is 0.279. The van der Waals surface area contributed by atoms with Gasteiger partial charge in [-0.1, -0.05) is 19.8 Å². The minimum Gasteiger partial charge on any atom is -0.300 e. The van der Waals surface area contributed by atoms with Crippen molar-refractivity contribution >= 4 is 18.2 Å². The van der Waals surface area contributed by atoms with E-state index in [-0.39, 0.29) is 31.1 Å². The summed E-state index contributed by atoms with van der Waals surface area (Å²) in [6, 6.07) is 0. The maximum Gasteiger partial charge on any atom is 1.00 e. The first-order valence-corrected chi connectivity index (χ1v) is 8.89. The van der Waals surface area contributed by atoms with Gasteiger partial charge in [0.05, 0.1) is 12.2 Å². The maximum atomic E-state index is 12.3. The molecule has 0 saturated carbocycles. The van der Waals surface area contributed by atoms with Gasteiger partial charge in [-0.25, -0.2) is 15.9 Å². The van der Waals surface area contributed by atoms with Crippen molar-refractivity contribution in [2.75, 3.05) is 0 Å². The summed E-state index contributed by atoms with van der Waals surface area (Å²) in [6.07, 6.45) is 3.01. The Balaban J connectivity index is 0. The van der Waals surface area contributed by atoms with E-state index >= 15 is 0 Å². The first-order chi connectivity index (χ1) is 7.39. The molecule has 0 aromatic heterocycles. The zero-order valence-corrected chi connectivity index (χ0v) is 13.6. The second kappa shape index (κ2) is 11.0. The van der Waals surface area contributed by atoms with E-state index in [1.54, 1.807) is 0 Å². The average Bonchev–Trinajstić information content (AvgIpc) is 2.09. The smallest absolute Gasteiger partial charge is 0.300 e. The van der Waals surface area contributed by atoms with Gasteiger partial charge in [-0.15, -0.1) is 0 Å². The molecule has 0 atom stereocenters. The molecule has 0 fully saturated rings. The molecule has 0 aliphatic carbocycles. The molecule has 0 spiro atoms. The monoisotopic (exact) mass is 274 g/mol. The second-order valence-electron chi connectivity index (χ2n) is 4.17. The van der Waals surface area contributed by atoms with Crippen LogP contribution in [0.4, 0.5) is 0 Å². The van der Waals surface area contributed by atoms with E-state index in [2.05, 4.69) is 6.92 Å². The third-order valence-corrected chi connectivity index (χ3v) is 5.30. The van der Waals surface area contributed by atoms with Gasteiger partial charge >= 0.3 is 25.7 Å². The van der Waals surface area contributed by atoms with Crippen LogP contribution in [-0.4, -0.2) is 12.2 Å². The van der Waals surface area contributed by atoms with Gasteiger partial charge in [0.2, 0.25) is 0 Å². The number of rotatable bonds is 9. The number of hydrogen-bond acceptors (Lipinski definition) is 4. The van der Waals surface area contributed by atoms with E-state index < -0.39 is 6.80 Å². The normalized spacial score (nSPS) is 11.9. The van der Waals surface area contributed by atoms with E-state index in [9.17, 15) is 4.57 Å². The molecule has 0 aromatic carbocycles. The van der Waals surface area contributed by atoms with Crippen molar-refractivity contribution in [2.24, 2.45) is 0 Å². The van der Waals surface area contributed by atoms with Crippen LogP contribution in [0.1, 0.15) is 53.9 Å². The summed E-state index contributed by atoms with van der Waals surface area (Å²) >= 11 is 1.21. The molecule has 17 heavy (non-hydrogen) atoms. The fourth-order valence-corrected chi connectivity index (χ4v) is 4.85. The van der Waals surface area contributed by atoms with Crippen LogP contribution in [0.15, 0.2) is 0 Å². The van der Waals surface area contributed by atoms with Gasteiger partial charge in [0.25, 0.3) is 0 Å². The van der Waals surface area contributed by atoms with E-state index in [4.69, 9.17) is 9.05 Å². The molecule has 0 radical (unpaired) electrons. The maximum absolute atomic E-state index is 12.3. The first kappa shape index (κ1) is 20.4. The predicted octanol–water partition coefficient (Wildman–Crippen LogP) is 2.03. The average molecular weight is 274 g/mol. The molecule has 0 rings (SSSR count). The Morgan fingerprint density at radius 1 is 1.18 bits per heavy atom. The van der Waals surface area contributed by atoms with Gasteiger partial charge in [0.15, 0.2) is 0 Å². The Morgan fingerprint density at radius 3 is 2.00 bits per heavy atom. The van der Waals surface area contributed by atoms with Crippen LogP contribution in [-0.2, 0) is 13.6 Å². The molecule has 0 aliphatic rings. The summed E-state index contributed by atoms with van der Waals surface area (Å²) in [5.74, 6) is 1.94. The third-order valence-electron chi connectivity index (χ3n) is 1.56. The van der Waals surface area contributed by atoms with Gasteiger partial charge in [-0.2, -0.15) is 6.42 Å². The molecule has 98 valence electrons. The zero-order chi connectivity index (χ0) is 12.6. The number of hydrogen-bond donors (Lipinski definition) is 0. The summed E-state index contributed by atoms with van der Waals surface area (Å²) in [4.78, 5) is 0. The molecule has 0 aliphatic heterocycles. The first-order valence-electron chi connectivity index (χ1n) is 5.86. The van der Waals surface area contributed by atoms with Crippen molar-refractivity contribution in [3.63, 3.8) is 0 Å². The van der Waals surface area contributed by atoms with Crippen LogP contribution >= 0.6 is 18.2 Å². The summed E-state index contributed by atoms with van der Waals surface area (Å²) in [5, 5.41) is 0. The fraction of sp³-hybridized carbons (Fsp3) is 0.909. The van der Waals surface area contributed by atoms with Crippen LogP contribution in [0, 0.1) is 5.75 Å². The van der Waals surface area contributed by atoms with Crippen molar-refractivity contribution in [1.82, 2.24) is 0 Å². The van der Waals surface area contributed by atoms with Crippen LogP contribution in [0.2, 0.25) is 0 Å². The molecule has 0 saturated heterocycles. The van der Waals surface area contributed by atoms with Crippen molar-refractivity contribution in [1.29, 1.82) is 0 Å². The molecule has 0 N–H and O–H groups in total. The van der Waals surface area contributed by atoms with E-state index in [1.165, 1.54) is 11.4 Å². The third kappa shape index (κ3) is 11.9. The molecule has 0 unspecified atom stereocenters. The Morgan fingerprint density at radius 2 is 1.65 bits per heavy atom. The minimum atomic E-state index is -3.01. The van der Waals surface area contributed by atoms with E-state index in [0.29, 0.717) is 0 Å². The molecule has 3 nitrogen and oxygen atoms in total. The summed E-state index contributed by atoms with van der Waals surface area (Å²) in [6.45, 7) is 6.58. The predicted molar refractivity (Wildman–Crippen MR) is 71.5 cm³/mol. The molecule has 0 amide bonds. The van der Waals surface area contributed by atoms with Crippen molar-refractivity contribution in [3.8, 4) is 0 Å². The summed E-state index contributed by atoms with van der Waals surface area (Å²) < 4.78 is 23.1. The molecule has 0 aromatic rings. The number of unbranched alkanes of at least 4 members (excludes halogenated alkanes) is 2. The molecule has 6 heteroatoms. The van der Waals surface area contributed by atoms with Gasteiger partial charge in [0, 0.05) is 0 Å². The largest absolute Gasteiger partial charge is 1.00 e. The van der Waals surface area contributed by atoms with Gasteiger partial charge < -0.3 is 0 Å². The van der Waals surface area contributed by atoms with Crippen molar-refractivity contribution in [2.45, 2.75) is 66.1 Å². The Kier molecular flexibility index (Phi) is 13.2. The van der Waals surface area contributed by atoms with Crippen molar-refractivity contribution in [3.05, 3.63) is 5.75 Å². The standard InChI is InChI=1S/C11H24O3PS.Li/c1-6-7-8-9-16-15(12,13-10(2)3)14-11(4)5;/h9-11H,6-8H2,1-5H3;/q-1;+1.